The van der Waals surface area contributed by atoms with E-state index in [0.29, 0.717) is 42.7 Å². The standard InChI is InChI=1S/C19H22ClN3O3/c1-2-16-14(11-21-23(16)17-6-4-3-5-15(17)20)18(24)22-13-9-7-12(8-10-13)19(25)26/h3-6,11-13H,2,7-10H2,1H3,(H,22,24)(H,25,26). The summed E-state index contributed by atoms with van der Waals surface area (Å²) in [6.45, 7) is 1.97. The third-order valence-corrected chi connectivity index (χ3v) is 5.26. The average molecular weight is 376 g/mol. The maximum absolute atomic E-state index is 12.7. The molecule has 1 heterocycles. The van der Waals surface area contributed by atoms with Crippen LogP contribution in [0.2, 0.25) is 5.02 Å². The Kier molecular flexibility index (Phi) is 5.61. The molecule has 0 saturated heterocycles. The first kappa shape index (κ1) is 18.5. The van der Waals surface area contributed by atoms with Gasteiger partial charge in [0, 0.05) is 6.04 Å². The van der Waals surface area contributed by atoms with E-state index in [4.69, 9.17) is 16.7 Å². The molecule has 0 bridgehead atoms. The number of hydrogen-bond donors (Lipinski definition) is 2. The van der Waals surface area contributed by atoms with Crippen molar-refractivity contribution in [2.24, 2.45) is 5.92 Å². The van der Waals surface area contributed by atoms with Crippen molar-refractivity contribution in [3.63, 3.8) is 0 Å². The molecule has 1 fully saturated rings. The minimum Gasteiger partial charge on any atom is -0.481 e. The van der Waals surface area contributed by atoms with Crippen molar-refractivity contribution < 1.29 is 14.7 Å². The SMILES string of the molecule is CCc1c(C(=O)NC2CCC(C(=O)O)CC2)cnn1-c1ccccc1Cl. The van der Waals surface area contributed by atoms with Crippen LogP contribution in [0.4, 0.5) is 0 Å². The number of halogens is 1. The summed E-state index contributed by atoms with van der Waals surface area (Å²) in [4.78, 5) is 23.8. The summed E-state index contributed by atoms with van der Waals surface area (Å²) in [7, 11) is 0. The number of aliphatic carboxylic acids is 1. The van der Waals surface area contributed by atoms with E-state index in [1.54, 1.807) is 16.9 Å². The second-order valence-corrected chi connectivity index (χ2v) is 6.99. The molecule has 1 aromatic heterocycles. The third kappa shape index (κ3) is 3.75. The summed E-state index contributed by atoms with van der Waals surface area (Å²) in [5.41, 5.74) is 2.08. The van der Waals surface area contributed by atoms with Gasteiger partial charge in [0.05, 0.1) is 34.1 Å². The molecule has 2 aromatic rings. The van der Waals surface area contributed by atoms with Gasteiger partial charge in [-0.15, -0.1) is 0 Å². The van der Waals surface area contributed by atoms with E-state index in [1.807, 2.05) is 25.1 Å². The van der Waals surface area contributed by atoms with Gasteiger partial charge in [0.2, 0.25) is 0 Å². The van der Waals surface area contributed by atoms with Crippen molar-refractivity contribution >= 4 is 23.5 Å². The fourth-order valence-electron chi connectivity index (χ4n) is 3.48. The van der Waals surface area contributed by atoms with E-state index in [2.05, 4.69) is 10.4 Å². The van der Waals surface area contributed by atoms with Crippen LogP contribution in [0.15, 0.2) is 30.5 Å². The number of carbonyl (C=O) groups is 2. The lowest BCUT2D eigenvalue weighted by Crippen LogP contribution is -2.39. The van der Waals surface area contributed by atoms with Crippen LogP contribution in [0.1, 0.15) is 48.7 Å². The lowest BCUT2D eigenvalue weighted by Gasteiger charge is -2.26. The quantitative estimate of drug-likeness (QED) is 0.838. The van der Waals surface area contributed by atoms with Gasteiger partial charge in [-0.1, -0.05) is 30.7 Å². The molecular weight excluding hydrogens is 354 g/mol. The Bertz CT molecular complexity index is 810. The molecule has 0 radical (unpaired) electrons. The van der Waals surface area contributed by atoms with Crippen LogP contribution < -0.4 is 5.32 Å². The Morgan fingerprint density at radius 1 is 1.27 bits per heavy atom. The van der Waals surface area contributed by atoms with Crippen LogP contribution in [0.5, 0.6) is 0 Å². The van der Waals surface area contributed by atoms with Crippen molar-refractivity contribution in [2.45, 2.75) is 45.1 Å². The molecule has 1 saturated carbocycles. The van der Waals surface area contributed by atoms with E-state index in [0.717, 1.165) is 11.4 Å². The fraction of sp³-hybridized carbons (Fsp3) is 0.421. The van der Waals surface area contributed by atoms with Crippen LogP contribution in [0.25, 0.3) is 5.69 Å². The van der Waals surface area contributed by atoms with Crippen LogP contribution in [0.3, 0.4) is 0 Å². The number of nitrogens with one attached hydrogen (secondary N) is 1. The zero-order chi connectivity index (χ0) is 18.7. The number of nitrogens with zero attached hydrogens (tertiary/aromatic N) is 2. The maximum Gasteiger partial charge on any atom is 0.306 e. The number of amides is 1. The maximum atomic E-state index is 12.7. The molecule has 0 aliphatic heterocycles. The zero-order valence-electron chi connectivity index (χ0n) is 14.6. The second kappa shape index (κ2) is 7.91. The molecular formula is C19H22ClN3O3. The highest BCUT2D eigenvalue weighted by Gasteiger charge is 2.28. The third-order valence-electron chi connectivity index (χ3n) is 4.94. The average Bonchev–Trinajstić information content (AvgIpc) is 3.06. The van der Waals surface area contributed by atoms with Gasteiger partial charge in [-0.2, -0.15) is 5.10 Å². The molecule has 0 unspecified atom stereocenters. The molecule has 1 aliphatic carbocycles. The first-order valence-corrected chi connectivity index (χ1v) is 9.24. The van der Waals surface area contributed by atoms with Crippen molar-refractivity contribution in [2.75, 3.05) is 0 Å². The van der Waals surface area contributed by atoms with Crippen molar-refractivity contribution in [3.8, 4) is 5.69 Å². The van der Waals surface area contributed by atoms with Gasteiger partial charge >= 0.3 is 5.97 Å². The molecule has 138 valence electrons. The number of rotatable bonds is 5. The largest absolute Gasteiger partial charge is 0.481 e. The predicted octanol–water partition coefficient (Wildman–Crippen LogP) is 3.46. The second-order valence-electron chi connectivity index (χ2n) is 6.58. The number of aromatic nitrogens is 2. The minimum atomic E-state index is -0.746. The molecule has 0 atom stereocenters. The lowest BCUT2D eigenvalue weighted by atomic mass is 9.86. The lowest BCUT2D eigenvalue weighted by molar-refractivity contribution is -0.142. The van der Waals surface area contributed by atoms with Gasteiger partial charge in [-0.05, 0) is 44.2 Å². The van der Waals surface area contributed by atoms with Crippen molar-refractivity contribution in [1.29, 1.82) is 0 Å². The molecule has 6 nitrogen and oxygen atoms in total. The molecule has 26 heavy (non-hydrogen) atoms. The predicted molar refractivity (Wildman–Crippen MR) is 98.8 cm³/mol. The van der Waals surface area contributed by atoms with Gasteiger partial charge in [-0.3, -0.25) is 9.59 Å². The number of carboxylic acid groups (broad SMARTS) is 1. The molecule has 1 aliphatic rings. The number of carboxylic acids is 1. The summed E-state index contributed by atoms with van der Waals surface area (Å²) in [6.07, 6.45) is 4.77. The number of benzene rings is 1. The molecule has 0 spiro atoms. The number of carbonyl (C=O) groups excluding carboxylic acids is 1. The van der Waals surface area contributed by atoms with Crippen molar-refractivity contribution in [3.05, 3.63) is 46.7 Å². The molecule has 2 N–H and O–H groups in total. The smallest absolute Gasteiger partial charge is 0.306 e. The summed E-state index contributed by atoms with van der Waals surface area (Å²) < 4.78 is 1.71. The molecule has 1 aromatic carbocycles. The van der Waals surface area contributed by atoms with E-state index in [1.165, 1.54) is 0 Å². The number of hydrogen-bond acceptors (Lipinski definition) is 3. The van der Waals surface area contributed by atoms with E-state index >= 15 is 0 Å². The molecule has 7 heteroatoms. The van der Waals surface area contributed by atoms with E-state index in [9.17, 15) is 9.59 Å². The zero-order valence-corrected chi connectivity index (χ0v) is 15.4. The highest BCUT2D eigenvalue weighted by molar-refractivity contribution is 6.32. The summed E-state index contributed by atoms with van der Waals surface area (Å²) in [5.74, 6) is -1.21. The number of para-hydroxylation sites is 1. The van der Waals surface area contributed by atoms with Gasteiger partial charge in [-0.25, -0.2) is 4.68 Å². The van der Waals surface area contributed by atoms with Crippen LogP contribution in [-0.2, 0) is 11.2 Å². The Balaban J connectivity index is 1.75. The van der Waals surface area contributed by atoms with E-state index in [-0.39, 0.29) is 17.9 Å². The van der Waals surface area contributed by atoms with Gasteiger partial charge in [0.25, 0.3) is 5.91 Å². The highest BCUT2D eigenvalue weighted by atomic mass is 35.5. The summed E-state index contributed by atoms with van der Waals surface area (Å²) in [5, 5.41) is 17.0. The van der Waals surface area contributed by atoms with Gasteiger partial charge in [0.15, 0.2) is 0 Å². The van der Waals surface area contributed by atoms with Crippen LogP contribution >= 0.6 is 11.6 Å². The Morgan fingerprint density at radius 2 is 1.96 bits per heavy atom. The van der Waals surface area contributed by atoms with Gasteiger partial charge in [0.1, 0.15) is 0 Å². The Labute approximate surface area is 157 Å². The highest BCUT2D eigenvalue weighted by Crippen LogP contribution is 2.26. The van der Waals surface area contributed by atoms with Crippen LogP contribution in [0, 0.1) is 5.92 Å². The summed E-state index contributed by atoms with van der Waals surface area (Å²) >= 11 is 6.26. The first-order chi connectivity index (χ1) is 12.5. The Hall–Kier alpha value is -2.34. The summed E-state index contributed by atoms with van der Waals surface area (Å²) in [6, 6.07) is 7.39. The first-order valence-electron chi connectivity index (χ1n) is 8.86. The van der Waals surface area contributed by atoms with Gasteiger partial charge < -0.3 is 10.4 Å². The fourth-order valence-corrected chi connectivity index (χ4v) is 3.70. The van der Waals surface area contributed by atoms with Crippen LogP contribution in [-0.4, -0.2) is 32.8 Å². The monoisotopic (exact) mass is 375 g/mol. The molecule has 1 amide bonds. The normalized spacial score (nSPS) is 19.9. The van der Waals surface area contributed by atoms with E-state index < -0.39 is 5.97 Å². The topological polar surface area (TPSA) is 84.2 Å². The van der Waals surface area contributed by atoms with Crippen molar-refractivity contribution in [1.82, 2.24) is 15.1 Å². The Morgan fingerprint density at radius 3 is 2.58 bits per heavy atom. The molecule has 3 rings (SSSR count). The minimum absolute atomic E-state index is 0.00599.